The van der Waals surface area contributed by atoms with Crippen molar-refractivity contribution < 1.29 is 32.2 Å². The summed E-state index contributed by atoms with van der Waals surface area (Å²) in [5.41, 5.74) is -0.0915. The van der Waals surface area contributed by atoms with Crippen LogP contribution in [0.3, 0.4) is 0 Å². The molecule has 0 fully saturated rings. The zero-order valence-corrected chi connectivity index (χ0v) is 12.7. The van der Waals surface area contributed by atoms with Gasteiger partial charge in [0.15, 0.2) is 6.61 Å². The Hall–Kier alpha value is -2.78. The fourth-order valence-electron chi connectivity index (χ4n) is 1.94. The van der Waals surface area contributed by atoms with E-state index in [1.807, 2.05) is 0 Å². The van der Waals surface area contributed by atoms with Gasteiger partial charge in [-0.05, 0) is 24.3 Å². The van der Waals surface area contributed by atoms with Crippen LogP contribution in [0, 0.1) is 0 Å². The molecule has 6 nitrogen and oxygen atoms in total. The predicted molar refractivity (Wildman–Crippen MR) is 78.7 cm³/mol. The van der Waals surface area contributed by atoms with Crippen LogP contribution >= 0.6 is 0 Å². The van der Waals surface area contributed by atoms with Gasteiger partial charge in [0.05, 0.1) is 12.1 Å². The molecule has 0 radical (unpaired) electrons. The predicted octanol–water partition coefficient (Wildman–Crippen LogP) is 2.39. The average Bonchev–Trinajstić information content (AvgIpc) is 2.92. The summed E-state index contributed by atoms with van der Waals surface area (Å²) < 4.78 is 56.8. The summed E-state index contributed by atoms with van der Waals surface area (Å²) in [6.45, 7) is -1.46. The number of halogens is 4. The summed E-state index contributed by atoms with van der Waals surface area (Å²) in [6, 6.07) is 5.30. The molecule has 136 valence electrons. The molecule has 1 heterocycles. The molecule has 0 aliphatic heterocycles. The summed E-state index contributed by atoms with van der Waals surface area (Å²) in [5, 5.41) is 8.63. The average molecular weight is 362 g/mol. The Bertz CT molecular complexity index is 784. The lowest BCUT2D eigenvalue weighted by Crippen LogP contribution is -2.33. The molecule has 0 spiro atoms. The first kappa shape index (κ1) is 18.6. The number of benzene rings is 1. The molecule has 0 atom stereocenters. The molecule has 2 rings (SSSR count). The Labute approximate surface area is 138 Å². The lowest BCUT2D eigenvalue weighted by atomic mass is 10.3. The molecule has 2 aromatic rings. The SMILES string of the molecule is O=C(O)CCn1ccn(-c2ccc(OCC(F)(F)C(F)F)cc2)c1=O. The number of carboxylic acid groups (broad SMARTS) is 1. The topological polar surface area (TPSA) is 73.5 Å². The van der Waals surface area contributed by atoms with Crippen LogP contribution in [0.5, 0.6) is 5.75 Å². The van der Waals surface area contributed by atoms with Crippen molar-refractivity contribution in [1.82, 2.24) is 9.13 Å². The third-order valence-electron chi connectivity index (χ3n) is 3.28. The van der Waals surface area contributed by atoms with E-state index in [0.29, 0.717) is 5.69 Å². The molecule has 0 saturated carbocycles. The van der Waals surface area contributed by atoms with Crippen LogP contribution in [0.25, 0.3) is 5.69 Å². The van der Waals surface area contributed by atoms with Crippen LogP contribution in [-0.4, -0.2) is 39.2 Å². The molecule has 0 saturated heterocycles. The van der Waals surface area contributed by atoms with Crippen molar-refractivity contribution in [2.24, 2.45) is 0 Å². The van der Waals surface area contributed by atoms with Crippen molar-refractivity contribution in [2.45, 2.75) is 25.3 Å². The van der Waals surface area contributed by atoms with Gasteiger partial charge < -0.3 is 9.84 Å². The van der Waals surface area contributed by atoms with Gasteiger partial charge in [-0.25, -0.2) is 13.6 Å². The van der Waals surface area contributed by atoms with Crippen molar-refractivity contribution in [3.05, 3.63) is 47.1 Å². The Morgan fingerprint density at radius 2 is 1.84 bits per heavy atom. The first-order valence-electron chi connectivity index (χ1n) is 7.09. The molecule has 0 unspecified atom stereocenters. The van der Waals surface area contributed by atoms with Gasteiger partial charge in [-0.2, -0.15) is 8.78 Å². The number of nitrogens with zero attached hydrogens (tertiary/aromatic N) is 2. The number of aromatic nitrogens is 2. The van der Waals surface area contributed by atoms with E-state index in [2.05, 4.69) is 4.74 Å². The monoisotopic (exact) mass is 362 g/mol. The fraction of sp³-hybridized carbons (Fsp3) is 0.333. The summed E-state index contributed by atoms with van der Waals surface area (Å²) in [7, 11) is 0. The highest BCUT2D eigenvalue weighted by Crippen LogP contribution is 2.24. The summed E-state index contributed by atoms with van der Waals surface area (Å²) in [6.07, 6.45) is -1.20. The zero-order valence-electron chi connectivity index (χ0n) is 12.7. The van der Waals surface area contributed by atoms with E-state index < -0.39 is 30.6 Å². The Morgan fingerprint density at radius 3 is 2.40 bits per heavy atom. The van der Waals surface area contributed by atoms with Gasteiger partial charge >= 0.3 is 24.0 Å². The van der Waals surface area contributed by atoms with E-state index in [-0.39, 0.29) is 18.7 Å². The number of rotatable bonds is 8. The molecular formula is C15H14F4N2O4. The van der Waals surface area contributed by atoms with Crippen LogP contribution in [0.1, 0.15) is 6.42 Å². The lowest BCUT2D eigenvalue weighted by Gasteiger charge is -2.16. The molecule has 0 aliphatic rings. The zero-order chi connectivity index (χ0) is 18.6. The number of hydrogen-bond acceptors (Lipinski definition) is 3. The van der Waals surface area contributed by atoms with Crippen LogP contribution < -0.4 is 10.4 Å². The maximum absolute atomic E-state index is 12.8. The third-order valence-corrected chi connectivity index (χ3v) is 3.28. The minimum atomic E-state index is -4.25. The van der Waals surface area contributed by atoms with E-state index in [1.165, 1.54) is 45.8 Å². The van der Waals surface area contributed by atoms with Crippen molar-refractivity contribution in [3.8, 4) is 11.4 Å². The van der Waals surface area contributed by atoms with Crippen LogP contribution in [0.4, 0.5) is 17.6 Å². The molecule has 1 aromatic carbocycles. The summed E-state index contributed by atoms with van der Waals surface area (Å²) >= 11 is 0. The summed E-state index contributed by atoms with van der Waals surface area (Å²) in [4.78, 5) is 22.7. The molecule has 1 N–H and O–H groups in total. The standard InChI is InChI=1S/C15H14F4N2O4/c16-13(17)15(18,19)9-25-11-3-1-10(2-4-11)21-8-7-20(14(21)24)6-5-12(22)23/h1-4,7-8,13H,5-6,9H2,(H,22,23). The first-order chi connectivity index (χ1) is 11.7. The number of alkyl halides is 4. The normalized spacial score (nSPS) is 11.7. The number of hydrogen-bond donors (Lipinski definition) is 1. The van der Waals surface area contributed by atoms with Gasteiger partial charge in [0.2, 0.25) is 0 Å². The number of imidazole rings is 1. The van der Waals surface area contributed by atoms with Crippen molar-refractivity contribution >= 4 is 5.97 Å². The molecule has 10 heteroatoms. The highest BCUT2D eigenvalue weighted by molar-refractivity contribution is 5.66. The van der Waals surface area contributed by atoms with Crippen LogP contribution in [-0.2, 0) is 11.3 Å². The molecule has 1 aromatic heterocycles. The quantitative estimate of drug-likeness (QED) is 0.732. The van der Waals surface area contributed by atoms with Crippen molar-refractivity contribution in [3.63, 3.8) is 0 Å². The second-order valence-corrected chi connectivity index (χ2v) is 5.13. The highest BCUT2D eigenvalue weighted by atomic mass is 19.3. The number of aryl methyl sites for hydroxylation is 1. The second kappa shape index (κ2) is 7.41. The second-order valence-electron chi connectivity index (χ2n) is 5.13. The van der Waals surface area contributed by atoms with Gasteiger partial charge in [-0.15, -0.1) is 0 Å². The van der Waals surface area contributed by atoms with E-state index in [1.54, 1.807) is 0 Å². The van der Waals surface area contributed by atoms with E-state index >= 15 is 0 Å². The third kappa shape index (κ3) is 4.61. The Morgan fingerprint density at radius 1 is 1.20 bits per heavy atom. The van der Waals surface area contributed by atoms with Gasteiger partial charge in [0.1, 0.15) is 5.75 Å². The van der Waals surface area contributed by atoms with Crippen LogP contribution in [0.15, 0.2) is 41.5 Å². The number of carboxylic acids is 1. The molecule has 0 amide bonds. The highest BCUT2D eigenvalue weighted by Gasteiger charge is 2.41. The maximum atomic E-state index is 12.8. The van der Waals surface area contributed by atoms with Gasteiger partial charge in [-0.3, -0.25) is 13.9 Å². The van der Waals surface area contributed by atoms with Crippen LogP contribution in [0.2, 0.25) is 0 Å². The van der Waals surface area contributed by atoms with E-state index in [9.17, 15) is 27.2 Å². The number of carbonyl (C=O) groups is 1. The van der Waals surface area contributed by atoms with Gasteiger partial charge in [0, 0.05) is 18.9 Å². The Kier molecular flexibility index (Phi) is 5.50. The van der Waals surface area contributed by atoms with E-state index in [0.717, 1.165) is 0 Å². The minimum absolute atomic E-state index is 0.00503. The first-order valence-corrected chi connectivity index (χ1v) is 7.09. The number of aliphatic carboxylic acids is 1. The lowest BCUT2D eigenvalue weighted by molar-refractivity contribution is -0.148. The largest absolute Gasteiger partial charge is 0.487 e. The minimum Gasteiger partial charge on any atom is -0.487 e. The maximum Gasteiger partial charge on any atom is 0.340 e. The van der Waals surface area contributed by atoms with Crippen molar-refractivity contribution in [2.75, 3.05) is 6.61 Å². The van der Waals surface area contributed by atoms with Gasteiger partial charge in [-0.1, -0.05) is 0 Å². The Balaban J connectivity index is 2.08. The van der Waals surface area contributed by atoms with E-state index in [4.69, 9.17) is 5.11 Å². The summed E-state index contributed by atoms with van der Waals surface area (Å²) in [5.74, 6) is -5.35. The molecule has 25 heavy (non-hydrogen) atoms. The molecule has 0 aliphatic carbocycles. The van der Waals surface area contributed by atoms with Crippen molar-refractivity contribution in [1.29, 1.82) is 0 Å². The smallest absolute Gasteiger partial charge is 0.340 e. The molecular weight excluding hydrogens is 348 g/mol. The fourth-order valence-corrected chi connectivity index (χ4v) is 1.94. The molecule has 0 bridgehead atoms. The van der Waals surface area contributed by atoms with Gasteiger partial charge in [0.25, 0.3) is 0 Å². The number of ether oxygens (including phenoxy) is 1.